The summed E-state index contributed by atoms with van der Waals surface area (Å²) in [5.41, 5.74) is 3.64. The third-order valence-corrected chi connectivity index (χ3v) is 7.48. The van der Waals surface area contributed by atoms with Crippen molar-refractivity contribution in [2.75, 3.05) is 6.61 Å². The Kier molecular flexibility index (Phi) is 4.48. The summed E-state index contributed by atoms with van der Waals surface area (Å²) in [6.07, 6.45) is 12.0. The fourth-order valence-corrected chi connectivity index (χ4v) is 6.30. The first-order valence-electron chi connectivity index (χ1n) is 10.6. The van der Waals surface area contributed by atoms with Gasteiger partial charge in [0.2, 0.25) is 0 Å². The van der Waals surface area contributed by atoms with Crippen molar-refractivity contribution >= 4 is 5.84 Å². The van der Waals surface area contributed by atoms with E-state index in [1.165, 1.54) is 32.1 Å². The molecule has 146 valence electrons. The molecule has 4 atom stereocenters. The van der Waals surface area contributed by atoms with E-state index in [-0.39, 0.29) is 11.9 Å². The maximum atomic E-state index is 10.4. The zero-order valence-electron chi connectivity index (χ0n) is 16.3. The number of nitrogens with zero attached hydrogens (tertiary/aromatic N) is 3. The van der Waals surface area contributed by atoms with Crippen LogP contribution in [0.25, 0.3) is 0 Å². The zero-order chi connectivity index (χ0) is 19.2. The summed E-state index contributed by atoms with van der Waals surface area (Å²) in [6, 6.07) is 4.95. The lowest BCUT2D eigenvalue weighted by Crippen LogP contribution is -2.42. The van der Waals surface area contributed by atoms with Gasteiger partial charge in [0.05, 0.1) is 24.8 Å². The van der Waals surface area contributed by atoms with E-state index in [9.17, 15) is 10.5 Å². The van der Waals surface area contributed by atoms with E-state index in [1.54, 1.807) is 0 Å². The minimum atomic E-state index is -1.40. The molecule has 2 aliphatic carbocycles. The van der Waals surface area contributed by atoms with Gasteiger partial charge in [-0.3, -0.25) is 0 Å². The van der Waals surface area contributed by atoms with Crippen LogP contribution in [0.3, 0.4) is 0 Å². The molecule has 0 aromatic heterocycles. The molecule has 4 aliphatic rings. The molecule has 0 radical (unpaired) electrons. The third-order valence-electron chi connectivity index (χ3n) is 7.48. The van der Waals surface area contributed by atoms with Crippen molar-refractivity contribution in [3.63, 3.8) is 0 Å². The van der Waals surface area contributed by atoms with Gasteiger partial charge in [0.15, 0.2) is 5.41 Å². The van der Waals surface area contributed by atoms with Crippen LogP contribution >= 0.6 is 0 Å². The van der Waals surface area contributed by atoms with E-state index < -0.39 is 22.2 Å². The van der Waals surface area contributed by atoms with Gasteiger partial charge in [-0.25, -0.2) is 4.99 Å². The highest BCUT2D eigenvalue weighted by Crippen LogP contribution is 2.88. The first-order valence-corrected chi connectivity index (χ1v) is 10.6. The Hall–Kier alpha value is -1.63. The Bertz CT molecular complexity index is 711. The van der Waals surface area contributed by atoms with E-state index in [0.717, 1.165) is 38.5 Å². The van der Waals surface area contributed by atoms with E-state index >= 15 is 0 Å². The second-order valence-electron chi connectivity index (χ2n) is 8.81. The van der Waals surface area contributed by atoms with Crippen LogP contribution in [0.4, 0.5) is 0 Å². The quantitative estimate of drug-likeness (QED) is 0.699. The Labute approximate surface area is 161 Å². The standard InChI is InChI=1S/C21H30N4O2/c1-16-13-26-21(27-16)20(15-23)18(19(20,14-22)17(24)25-21)11-9-7-5-3-2-4-6-8-10-12-18/h16H,2-13H2,1H3,(H2,24,25)/t16-,19-,20+,21-/m0/s1. The molecular weight excluding hydrogens is 340 g/mol. The molecule has 0 aromatic carbocycles. The highest BCUT2D eigenvalue weighted by atomic mass is 16.8. The second-order valence-corrected chi connectivity index (χ2v) is 8.81. The maximum Gasteiger partial charge on any atom is 0.293 e. The first-order chi connectivity index (χ1) is 13.1. The van der Waals surface area contributed by atoms with Gasteiger partial charge >= 0.3 is 0 Å². The van der Waals surface area contributed by atoms with Crippen LogP contribution in [0.15, 0.2) is 4.99 Å². The van der Waals surface area contributed by atoms with E-state index in [4.69, 9.17) is 15.2 Å². The van der Waals surface area contributed by atoms with E-state index in [1.807, 2.05) is 6.92 Å². The van der Waals surface area contributed by atoms with Crippen molar-refractivity contribution in [2.24, 2.45) is 27.0 Å². The summed E-state index contributed by atoms with van der Waals surface area (Å²) >= 11 is 0. The molecule has 0 aromatic rings. The molecule has 2 N–H and O–H groups in total. The monoisotopic (exact) mass is 370 g/mol. The number of aliphatic imine (C=N–C) groups is 1. The number of hydrogen-bond donors (Lipinski definition) is 1. The van der Waals surface area contributed by atoms with Crippen molar-refractivity contribution < 1.29 is 9.47 Å². The summed E-state index contributed by atoms with van der Waals surface area (Å²) in [5.74, 6) is -1.16. The molecule has 2 aliphatic heterocycles. The Balaban J connectivity index is 1.75. The largest absolute Gasteiger partial charge is 0.386 e. The second kappa shape index (κ2) is 6.47. The number of fused-ring (bicyclic) bond motifs is 4. The molecule has 1 saturated heterocycles. The molecule has 27 heavy (non-hydrogen) atoms. The maximum absolute atomic E-state index is 10.4. The highest BCUT2D eigenvalue weighted by molar-refractivity contribution is 6.00. The number of ether oxygens (including phenoxy) is 2. The summed E-state index contributed by atoms with van der Waals surface area (Å²) in [5, 5.41) is 20.7. The van der Waals surface area contributed by atoms with E-state index in [0.29, 0.717) is 6.61 Å². The lowest BCUT2D eigenvalue weighted by atomic mass is 9.80. The highest BCUT2D eigenvalue weighted by Gasteiger charge is 3.00. The summed E-state index contributed by atoms with van der Waals surface area (Å²) < 4.78 is 12.1. The molecule has 2 saturated carbocycles. The number of nitriles is 2. The average Bonchev–Trinajstić information content (AvgIpc) is 2.81. The van der Waals surface area contributed by atoms with E-state index in [2.05, 4.69) is 17.1 Å². The molecule has 6 nitrogen and oxygen atoms in total. The molecule has 3 fully saturated rings. The molecule has 2 heterocycles. The first kappa shape index (κ1) is 18.7. The van der Waals surface area contributed by atoms with Crippen LogP contribution in [0.1, 0.15) is 77.6 Å². The molecule has 2 spiro atoms. The van der Waals surface area contributed by atoms with Gasteiger partial charge in [-0.05, 0) is 19.8 Å². The molecule has 0 unspecified atom stereocenters. The molecule has 0 bridgehead atoms. The van der Waals surface area contributed by atoms with Gasteiger partial charge in [0.25, 0.3) is 5.91 Å². The van der Waals surface area contributed by atoms with Gasteiger partial charge in [-0.1, -0.05) is 57.8 Å². The fraction of sp³-hybridized carbons (Fsp3) is 0.857. The van der Waals surface area contributed by atoms with Crippen molar-refractivity contribution in [3.05, 3.63) is 0 Å². The minimum Gasteiger partial charge on any atom is -0.386 e. The Morgan fingerprint density at radius 2 is 1.52 bits per heavy atom. The van der Waals surface area contributed by atoms with Crippen molar-refractivity contribution in [1.29, 1.82) is 10.5 Å². The van der Waals surface area contributed by atoms with Crippen LogP contribution in [0, 0.1) is 38.9 Å². The summed E-state index contributed by atoms with van der Waals surface area (Å²) in [4.78, 5) is 4.47. The van der Waals surface area contributed by atoms with Gasteiger partial charge in [0, 0.05) is 5.41 Å². The third kappa shape index (κ3) is 2.09. The predicted octanol–water partition coefficient (Wildman–Crippen LogP) is 3.77. The molecule has 4 rings (SSSR count). The van der Waals surface area contributed by atoms with Crippen molar-refractivity contribution in [1.82, 2.24) is 0 Å². The SMILES string of the molecule is C[C@H]1CO[C@]2(N=C(N)[C@@]3(C#N)C4(CCCCCCCCCCC4)[C@@]23C#N)O1. The van der Waals surface area contributed by atoms with Crippen LogP contribution in [0.2, 0.25) is 0 Å². The van der Waals surface area contributed by atoms with Crippen LogP contribution in [0.5, 0.6) is 0 Å². The van der Waals surface area contributed by atoms with Gasteiger partial charge in [-0.15, -0.1) is 0 Å². The lowest BCUT2D eigenvalue weighted by molar-refractivity contribution is -0.201. The number of rotatable bonds is 0. The molecule has 6 heteroatoms. The summed E-state index contributed by atoms with van der Waals surface area (Å²) in [6.45, 7) is 2.28. The Morgan fingerprint density at radius 1 is 0.963 bits per heavy atom. The lowest BCUT2D eigenvalue weighted by Gasteiger charge is -2.32. The van der Waals surface area contributed by atoms with Gasteiger partial charge < -0.3 is 15.2 Å². The van der Waals surface area contributed by atoms with Crippen LogP contribution in [-0.4, -0.2) is 24.5 Å². The smallest absolute Gasteiger partial charge is 0.293 e. The number of amidine groups is 1. The van der Waals surface area contributed by atoms with Crippen LogP contribution < -0.4 is 5.73 Å². The minimum absolute atomic E-state index is 0.162. The predicted molar refractivity (Wildman–Crippen MR) is 100 cm³/mol. The van der Waals surface area contributed by atoms with Crippen molar-refractivity contribution in [3.8, 4) is 12.1 Å². The summed E-state index contributed by atoms with van der Waals surface area (Å²) in [7, 11) is 0. The number of hydrogen-bond acceptors (Lipinski definition) is 6. The Morgan fingerprint density at radius 3 is 1.96 bits per heavy atom. The van der Waals surface area contributed by atoms with Gasteiger partial charge in [-0.2, -0.15) is 10.5 Å². The van der Waals surface area contributed by atoms with Crippen LogP contribution in [-0.2, 0) is 9.47 Å². The zero-order valence-corrected chi connectivity index (χ0v) is 16.3. The molecule has 0 amide bonds. The topological polar surface area (TPSA) is 104 Å². The molecular formula is C21H30N4O2. The average molecular weight is 370 g/mol. The van der Waals surface area contributed by atoms with Gasteiger partial charge in [0.1, 0.15) is 11.3 Å². The van der Waals surface area contributed by atoms with Crippen molar-refractivity contribution in [2.45, 2.75) is 89.6 Å². The number of nitrogens with two attached hydrogens (primary N) is 1. The fourth-order valence-electron chi connectivity index (χ4n) is 6.30. The normalized spacial score (nSPS) is 43.8.